The van der Waals surface area contributed by atoms with Crippen molar-refractivity contribution in [3.63, 3.8) is 0 Å². The smallest absolute Gasteiger partial charge is 0.254 e. The number of nitrogens with zero attached hydrogens (tertiary/aromatic N) is 2. The van der Waals surface area contributed by atoms with Gasteiger partial charge in [-0.2, -0.15) is 0 Å². The SMILES string of the molecule is Nc1nccc(C(=O)NCCN2CCCCC2)c1F. The van der Waals surface area contributed by atoms with Crippen molar-refractivity contribution in [1.29, 1.82) is 0 Å². The van der Waals surface area contributed by atoms with Gasteiger partial charge in [-0.3, -0.25) is 4.79 Å². The standard InChI is InChI=1S/C13H19FN4O/c14-11-10(4-5-16-12(11)15)13(19)17-6-9-18-7-2-1-3-8-18/h4-5H,1-3,6-9H2,(H2,15,16)(H,17,19). The molecule has 19 heavy (non-hydrogen) atoms. The summed E-state index contributed by atoms with van der Waals surface area (Å²) in [6, 6.07) is 1.34. The predicted molar refractivity (Wildman–Crippen MR) is 71.2 cm³/mol. The molecule has 5 nitrogen and oxygen atoms in total. The largest absolute Gasteiger partial charge is 0.381 e. The van der Waals surface area contributed by atoms with E-state index in [1.807, 2.05) is 0 Å². The first-order valence-electron chi connectivity index (χ1n) is 6.59. The average Bonchev–Trinajstić information content (AvgIpc) is 2.43. The van der Waals surface area contributed by atoms with Gasteiger partial charge in [-0.1, -0.05) is 6.42 Å². The molecule has 1 aromatic heterocycles. The van der Waals surface area contributed by atoms with E-state index in [1.54, 1.807) is 0 Å². The van der Waals surface area contributed by atoms with E-state index >= 15 is 0 Å². The maximum absolute atomic E-state index is 13.6. The second-order valence-corrected chi connectivity index (χ2v) is 4.72. The molecule has 1 aliphatic heterocycles. The number of hydrogen-bond acceptors (Lipinski definition) is 4. The van der Waals surface area contributed by atoms with Crippen LogP contribution in [0, 0.1) is 5.82 Å². The molecule has 1 aliphatic rings. The molecule has 0 unspecified atom stereocenters. The quantitative estimate of drug-likeness (QED) is 0.853. The molecule has 0 aliphatic carbocycles. The lowest BCUT2D eigenvalue weighted by atomic mass is 10.1. The molecule has 0 radical (unpaired) electrons. The third kappa shape index (κ3) is 3.64. The molecule has 2 heterocycles. The minimum atomic E-state index is -0.752. The number of nitrogens with one attached hydrogen (secondary N) is 1. The van der Waals surface area contributed by atoms with Gasteiger partial charge in [-0.25, -0.2) is 9.37 Å². The van der Waals surface area contributed by atoms with Gasteiger partial charge < -0.3 is 16.0 Å². The zero-order chi connectivity index (χ0) is 13.7. The highest BCUT2D eigenvalue weighted by atomic mass is 19.1. The van der Waals surface area contributed by atoms with Crippen LogP contribution in [-0.2, 0) is 0 Å². The third-order valence-corrected chi connectivity index (χ3v) is 3.32. The number of anilines is 1. The Kier molecular flexibility index (Phi) is 4.68. The fourth-order valence-corrected chi connectivity index (χ4v) is 2.24. The van der Waals surface area contributed by atoms with Gasteiger partial charge in [-0.15, -0.1) is 0 Å². The Bertz CT molecular complexity index is 446. The summed E-state index contributed by atoms with van der Waals surface area (Å²) in [5.74, 6) is -1.44. The molecule has 0 atom stereocenters. The molecule has 0 spiro atoms. The minimum Gasteiger partial charge on any atom is -0.381 e. The lowest BCUT2D eigenvalue weighted by Crippen LogP contribution is -2.37. The van der Waals surface area contributed by atoms with Crippen molar-refractivity contribution >= 4 is 11.7 Å². The Morgan fingerprint density at radius 2 is 2.16 bits per heavy atom. The van der Waals surface area contributed by atoms with E-state index in [9.17, 15) is 9.18 Å². The van der Waals surface area contributed by atoms with Crippen LogP contribution in [0.3, 0.4) is 0 Å². The van der Waals surface area contributed by atoms with E-state index < -0.39 is 11.7 Å². The zero-order valence-corrected chi connectivity index (χ0v) is 10.9. The van der Waals surface area contributed by atoms with Crippen molar-refractivity contribution in [3.05, 3.63) is 23.6 Å². The maximum Gasteiger partial charge on any atom is 0.254 e. The Morgan fingerprint density at radius 3 is 2.89 bits per heavy atom. The van der Waals surface area contributed by atoms with Gasteiger partial charge >= 0.3 is 0 Å². The van der Waals surface area contributed by atoms with Gasteiger partial charge in [0.25, 0.3) is 5.91 Å². The van der Waals surface area contributed by atoms with Gasteiger partial charge in [0.05, 0.1) is 5.56 Å². The third-order valence-electron chi connectivity index (χ3n) is 3.32. The van der Waals surface area contributed by atoms with Crippen LogP contribution in [0.1, 0.15) is 29.6 Å². The Balaban J connectivity index is 1.82. The van der Waals surface area contributed by atoms with Crippen molar-refractivity contribution < 1.29 is 9.18 Å². The van der Waals surface area contributed by atoms with Crippen LogP contribution in [0.15, 0.2) is 12.3 Å². The number of pyridine rings is 1. The maximum atomic E-state index is 13.6. The van der Waals surface area contributed by atoms with Crippen molar-refractivity contribution in [2.24, 2.45) is 0 Å². The summed E-state index contributed by atoms with van der Waals surface area (Å²) in [5.41, 5.74) is 5.28. The Morgan fingerprint density at radius 1 is 1.42 bits per heavy atom. The Labute approximate surface area is 112 Å². The molecular formula is C13H19FN4O. The summed E-state index contributed by atoms with van der Waals surface area (Å²) in [6.45, 7) is 3.47. The summed E-state index contributed by atoms with van der Waals surface area (Å²) >= 11 is 0. The van der Waals surface area contributed by atoms with E-state index in [-0.39, 0.29) is 11.4 Å². The number of rotatable bonds is 4. The minimum absolute atomic E-state index is 0.0499. The van der Waals surface area contributed by atoms with Crippen LogP contribution < -0.4 is 11.1 Å². The second kappa shape index (κ2) is 6.47. The zero-order valence-electron chi connectivity index (χ0n) is 10.9. The highest BCUT2D eigenvalue weighted by molar-refractivity contribution is 5.95. The van der Waals surface area contributed by atoms with Gasteiger partial charge in [0, 0.05) is 19.3 Å². The van der Waals surface area contributed by atoms with Gasteiger partial charge in [0.1, 0.15) is 0 Å². The number of amides is 1. The van der Waals surface area contributed by atoms with Gasteiger partial charge in [-0.05, 0) is 32.0 Å². The average molecular weight is 266 g/mol. The van der Waals surface area contributed by atoms with E-state index in [2.05, 4.69) is 15.2 Å². The fourth-order valence-electron chi connectivity index (χ4n) is 2.24. The van der Waals surface area contributed by atoms with Crippen LogP contribution in [0.5, 0.6) is 0 Å². The molecule has 1 aromatic rings. The normalized spacial score (nSPS) is 16.3. The van der Waals surface area contributed by atoms with Gasteiger partial charge in [0.2, 0.25) is 0 Å². The number of nitrogens with two attached hydrogens (primary N) is 1. The second-order valence-electron chi connectivity index (χ2n) is 4.72. The fraction of sp³-hybridized carbons (Fsp3) is 0.538. The number of aromatic nitrogens is 1. The topological polar surface area (TPSA) is 71.2 Å². The van der Waals surface area contributed by atoms with Crippen LogP contribution in [-0.4, -0.2) is 42.0 Å². The highest BCUT2D eigenvalue weighted by Gasteiger charge is 2.15. The van der Waals surface area contributed by atoms with Crippen molar-refractivity contribution in [2.75, 3.05) is 31.9 Å². The van der Waals surface area contributed by atoms with Crippen molar-refractivity contribution in [3.8, 4) is 0 Å². The number of nitrogen functional groups attached to an aromatic ring is 1. The summed E-state index contributed by atoms with van der Waals surface area (Å²) in [7, 11) is 0. The number of likely N-dealkylation sites (tertiary alicyclic amines) is 1. The molecule has 0 saturated carbocycles. The molecule has 2 rings (SSSR count). The first-order valence-corrected chi connectivity index (χ1v) is 6.59. The molecule has 3 N–H and O–H groups in total. The molecule has 1 fully saturated rings. The molecule has 0 bridgehead atoms. The first kappa shape index (κ1) is 13.7. The van der Waals surface area contributed by atoms with Crippen LogP contribution in [0.25, 0.3) is 0 Å². The lowest BCUT2D eigenvalue weighted by molar-refractivity contribution is 0.0942. The summed E-state index contributed by atoms with van der Waals surface area (Å²) < 4.78 is 13.6. The molecule has 1 saturated heterocycles. The molecule has 1 amide bonds. The highest BCUT2D eigenvalue weighted by Crippen LogP contribution is 2.11. The number of carbonyl (C=O) groups excluding carboxylic acids is 1. The van der Waals surface area contributed by atoms with Crippen molar-refractivity contribution in [2.45, 2.75) is 19.3 Å². The predicted octanol–water partition coefficient (Wildman–Crippen LogP) is 1.02. The van der Waals surface area contributed by atoms with E-state index in [4.69, 9.17) is 5.73 Å². The monoisotopic (exact) mass is 266 g/mol. The summed E-state index contributed by atoms with van der Waals surface area (Å²) in [4.78, 5) is 17.7. The number of piperidine rings is 1. The van der Waals surface area contributed by atoms with Gasteiger partial charge in [0.15, 0.2) is 11.6 Å². The first-order chi connectivity index (χ1) is 9.18. The number of carbonyl (C=O) groups is 1. The molecule has 0 aromatic carbocycles. The van der Waals surface area contributed by atoms with Crippen LogP contribution >= 0.6 is 0 Å². The summed E-state index contributed by atoms with van der Waals surface area (Å²) in [5, 5.41) is 2.71. The molecular weight excluding hydrogens is 247 g/mol. The number of hydrogen-bond donors (Lipinski definition) is 2. The van der Waals surface area contributed by atoms with Crippen LogP contribution in [0.2, 0.25) is 0 Å². The van der Waals surface area contributed by atoms with E-state index in [0.29, 0.717) is 6.54 Å². The Hall–Kier alpha value is -1.69. The number of halogens is 1. The van der Waals surface area contributed by atoms with E-state index in [1.165, 1.54) is 31.5 Å². The molecule has 6 heteroatoms. The van der Waals surface area contributed by atoms with Crippen molar-refractivity contribution in [1.82, 2.24) is 15.2 Å². The summed E-state index contributed by atoms with van der Waals surface area (Å²) in [6.07, 6.45) is 5.04. The van der Waals surface area contributed by atoms with E-state index in [0.717, 1.165) is 19.6 Å². The molecule has 104 valence electrons. The van der Waals surface area contributed by atoms with Crippen LogP contribution in [0.4, 0.5) is 10.2 Å². The lowest BCUT2D eigenvalue weighted by Gasteiger charge is -2.26.